The molecule has 1 heterocycles. The van der Waals surface area contributed by atoms with E-state index in [1.54, 1.807) is 11.3 Å². The molecule has 0 radical (unpaired) electrons. The maximum Gasteiger partial charge on any atom is 0.0918 e. The highest BCUT2D eigenvalue weighted by atomic mass is 79.9. The molecule has 0 aromatic carbocycles. The molecule has 1 rings (SSSR count). The first-order valence-electron chi connectivity index (χ1n) is 3.80. The summed E-state index contributed by atoms with van der Waals surface area (Å²) in [5.74, 6) is 0. The molecule has 4 heteroatoms. The van der Waals surface area contributed by atoms with E-state index in [4.69, 9.17) is 5.73 Å². The Morgan fingerprint density at radius 1 is 1.75 bits per heavy atom. The second-order valence-corrected chi connectivity index (χ2v) is 4.77. The van der Waals surface area contributed by atoms with Crippen LogP contribution in [0.5, 0.6) is 0 Å². The number of likely N-dealkylation sites (N-methyl/N-ethyl adjacent to an activating group) is 1. The van der Waals surface area contributed by atoms with Crippen LogP contribution in [-0.2, 0) is 0 Å². The fourth-order valence-corrected chi connectivity index (χ4v) is 2.42. The molecule has 1 aromatic rings. The van der Waals surface area contributed by atoms with Crippen molar-refractivity contribution in [2.24, 2.45) is 5.73 Å². The number of halogens is 1. The van der Waals surface area contributed by atoms with E-state index in [0.29, 0.717) is 0 Å². The van der Waals surface area contributed by atoms with Crippen LogP contribution in [0.2, 0.25) is 0 Å². The van der Waals surface area contributed by atoms with Gasteiger partial charge in [-0.3, -0.25) is 0 Å². The van der Waals surface area contributed by atoms with Gasteiger partial charge in [0.1, 0.15) is 0 Å². The summed E-state index contributed by atoms with van der Waals surface area (Å²) in [6.45, 7) is 2.91. The summed E-state index contributed by atoms with van der Waals surface area (Å²) < 4.78 is 1.14. The third kappa shape index (κ3) is 2.77. The molecule has 0 bridgehead atoms. The number of anilines is 1. The molecule has 1 atom stereocenters. The van der Waals surface area contributed by atoms with Gasteiger partial charge in [0, 0.05) is 29.5 Å². The smallest absolute Gasteiger partial charge is 0.0918 e. The SMILES string of the molecule is CC(N)CN(C)c1cc(Br)cs1. The van der Waals surface area contributed by atoms with Crippen molar-refractivity contribution in [2.45, 2.75) is 13.0 Å². The number of nitrogens with two attached hydrogens (primary N) is 1. The fourth-order valence-electron chi connectivity index (χ4n) is 1.02. The lowest BCUT2D eigenvalue weighted by atomic mass is 10.3. The second-order valence-electron chi connectivity index (χ2n) is 2.96. The molecule has 0 saturated carbocycles. The monoisotopic (exact) mass is 248 g/mol. The van der Waals surface area contributed by atoms with E-state index in [1.807, 2.05) is 6.92 Å². The minimum atomic E-state index is 0.218. The van der Waals surface area contributed by atoms with E-state index < -0.39 is 0 Å². The van der Waals surface area contributed by atoms with Crippen LogP contribution in [-0.4, -0.2) is 19.6 Å². The molecule has 0 saturated heterocycles. The van der Waals surface area contributed by atoms with Gasteiger partial charge in [-0.2, -0.15) is 0 Å². The van der Waals surface area contributed by atoms with Gasteiger partial charge in [0.05, 0.1) is 5.00 Å². The Morgan fingerprint density at radius 2 is 2.42 bits per heavy atom. The van der Waals surface area contributed by atoms with Crippen LogP contribution >= 0.6 is 27.3 Å². The lowest BCUT2D eigenvalue weighted by Gasteiger charge is -2.18. The summed E-state index contributed by atoms with van der Waals surface area (Å²) in [5, 5.41) is 3.33. The molecule has 2 nitrogen and oxygen atoms in total. The van der Waals surface area contributed by atoms with Gasteiger partial charge in [-0.25, -0.2) is 0 Å². The van der Waals surface area contributed by atoms with Crippen molar-refractivity contribution in [1.29, 1.82) is 0 Å². The molecular weight excluding hydrogens is 236 g/mol. The van der Waals surface area contributed by atoms with Crippen molar-refractivity contribution in [2.75, 3.05) is 18.5 Å². The lowest BCUT2D eigenvalue weighted by molar-refractivity contribution is 0.721. The molecule has 0 spiro atoms. The normalized spacial score (nSPS) is 13.0. The molecular formula is C8H13BrN2S. The number of hydrogen-bond donors (Lipinski definition) is 1. The maximum atomic E-state index is 5.69. The Balaban J connectivity index is 2.58. The molecule has 0 aliphatic heterocycles. The molecule has 1 aromatic heterocycles. The van der Waals surface area contributed by atoms with Gasteiger partial charge in [0.2, 0.25) is 0 Å². The number of rotatable bonds is 3. The largest absolute Gasteiger partial charge is 0.365 e. The van der Waals surface area contributed by atoms with E-state index >= 15 is 0 Å². The molecule has 2 N–H and O–H groups in total. The van der Waals surface area contributed by atoms with Crippen molar-refractivity contribution >= 4 is 32.3 Å². The molecule has 0 fully saturated rings. The van der Waals surface area contributed by atoms with Gasteiger partial charge >= 0.3 is 0 Å². The molecule has 0 aliphatic rings. The van der Waals surface area contributed by atoms with Crippen molar-refractivity contribution in [3.05, 3.63) is 15.9 Å². The van der Waals surface area contributed by atoms with Gasteiger partial charge in [0.15, 0.2) is 0 Å². The minimum Gasteiger partial charge on any atom is -0.365 e. The zero-order chi connectivity index (χ0) is 9.14. The second kappa shape index (κ2) is 4.25. The first-order valence-corrected chi connectivity index (χ1v) is 5.47. The van der Waals surface area contributed by atoms with Gasteiger partial charge in [0.25, 0.3) is 0 Å². The predicted molar refractivity (Wildman–Crippen MR) is 58.9 cm³/mol. The van der Waals surface area contributed by atoms with Gasteiger partial charge < -0.3 is 10.6 Å². The first kappa shape index (κ1) is 10.0. The summed E-state index contributed by atoms with van der Waals surface area (Å²) in [4.78, 5) is 2.17. The molecule has 1 unspecified atom stereocenters. The highest BCUT2D eigenvalue weighted by Gasteiger charge is 2.05. The van der Waals surface area contributed by atoms with Crippen LogP contribution in [0.25, 0.3) is 0 Å². The van der Waals surface area contributed by atoms with E-state index in [0.717, 1.165) is 11.0 Å². The Hall–Kier alpha value is -0.0600. The van der Waals surface area contributed by atoms with Crippen molar-refractivity contribution in [3.8, 4) is 0 Å². The standard InChI is InChI=1S/C8H13BrN2S/c1-6(10)4-11(2)8-3-7(9)5-12-8/h3,5-6H,4,10H2,1-2H3. The maximum absolute atomic E-state index is 5.69. The minimum absolute atomic E-state index is 0.218. The van der Waals surface area contributed by atoms with Crippen LogP contribution < -0.4 is 10.6 Å². The van der Waals surface area contributed by atoms with Gasteiger partial charge in [-0.1, -0.05) is 0 Å². The van der Waals surface area contributed by atoms with Gasteiger partial charge in [-0.15, -0.1) is 11.3 Å². The molecule has 68 valence electrons. The Labute approximate surface area is 85.5 Å². The first-order chi connectivity index (χ1) is 5.59. The summed E-state index contributed by atoms with van der Waals surface area (Å²) in [7, 11) is 2.06. The average molecular weight is 249 g/mol. The Kier molecular flexibility index (Phi) is 3.55. The summed E-state index contributed by atoms with van der Waals surface area (Å²) in [6, 6.07) is 2.32. The number of nitrogens with zero attached hydrogens (tertiary/aromatic N) is 1. The van der Waals surface area contributed by atoms with Crippen molar-refractivity contribution in [3.63, 3.8) is 0 Å². The average Bonchev–Trinajstić information content (AvgIpc) is 2.34. The van der Waals surface area contributed by atoms with E-state index in [1.165, 1.54) is 5.00 Å². The molecule has 0 amide bonds. The van der Waals surface area contributed by atoms with Gasteiger partial charge in [-0.05, 0) is 28.9 Å². The highest BCUT2D eigenvalue weighted by Crippen LogP contribution is 2.27. The van der Waals surface area contributed by atoms with E-state index in [2.05, 4.69) is 39.3 Å². The van der Waals surface area contributed by atoms with E-state index in [9.17, 15) is 0 Å². The molecule has 12 heavy (non-hydrogen) atoms. The topological polar surface area (TPSA) is 29.3 Å². The quantitative estimate of drug-likeness (QED) is 0.890. The zero-order valence-electron chi connectivity index (χ0n) is 7.25. The summed E-state index contributed by atoms with van der Waals surface area (Å²) in [6.07, 6.45) is 0. The van der Waals surface area contributed by atoms with Crippen LogP contribution in [0, 0.1) is 0 Å². The van der Waals surface area contributed by atoms with Crippen LogP contribution in [0.1, 0.15) is 6.92 Å². The Bertz CT molecular complexity index is 247. The number of thiophene rings is 1. The van der Waals surface area contributed by atoms with E-state index in [-0.39, 0.29) is 6.04 Å². The molecule has 0 aliphatic carbocycles. The van der Waals surface area contributed by atoms with Crippen molar-refractivity contribution in [1.82, 2.24) is 0 Å². The van der Waals surface area contributed by atoms with Crippen LogP contribution in [0.3, 0.4) is 0 Å². The summed E-state index contributed by atoms with van der Waals surface area (Å²) >= 11 is 5.14. The summed E-state index contributed by atoms with van der Waals surface area (Å²) in [5.41, 5.74) is 5.69. The fraction of sp³-hybridized carbons (Fsp3) is 0.500. The number of hydrogen-bond acceptors (Lipinski definition) is 3. The third-order valence-electron chi connectivity index (χ3n) is 1.49. The van der Waals surface area contributed by atoms with Crippen LogP contribution in [0.4, 0.5) is 5.00 Å². The highest BCUT2D eigenvalue weighted by molar-refractivity contribution is 9.10. The van der Waals surface area contributed by atoms with Crippen LogP contribution in [0.15, 0.2) is 15.9 Å². The van der Waals surface area contributed by atoms with Crippen molar-refractivity contribution < 1.29 is 0 Å². The Morgan fingerprint density at radius 3 is 2.83 bits per heavy atom. The predicted octanol–water partition coefficient (Wildman–Crippen LogP) is 2.29. The lowest BCUT2D eigenvalue weighted by Crippen LogP contribution is -2.32. The third-order valence-corrected chi connectivity index (χ3v) is 3.30. The zero-order valence-corrected chi connectivity index (χ0v) is 9.65.